The van der Waals surface area contributed by atoms with Gasteiger partial charge in [-0.15, -0.1) is 0 Å². The maximum absolute atomic E-state index is 13.3. The number of halogens is 3. The normalized spacial score (nSPS) is 19.8. The lowest BCUT2D eigenvalue weighted by Gasteiger charge is -2.26. The molecule has 3 atom stereocenters. The maximum atomic E-state index is 13.3. The van der Waals surface area contributed by atoms with Gasteiger partial charge in [0.1, 0.15) is 17.1 Å². The highest BCUT2D eigenvalue weighted by Gasteiger charge is 2.34. The molecule has 32 heavy (non-hydrogen) atoms. The third kappa shape index (κ3) is 3.98. The van der Waals surface area contributed by atoms with E-state index < -0.39 is 23.7 Å². The molecule has 0 saturated carbocycles. The van der Waals surface area contributed by atoms with Gasteiger partial charge in [0.2, 0.25) is 6.29 Å². The highest BCUT2D eigenvalue weighted by Crippen LogP contribution is 2.41. The molecule has 0 amide bonds. The van der Waals surface area contributed by atoms with Gasteiger partial charge >= 0.3 is 11.8 Å². The van der Waals surface area contributed by atoms with Crippen LogP contribution in [0.1, 0.15) is 48.5 Å². The lowest BCUT2D eigenvalue weighted by Crippen LogP contribution is -2.16. The number of ether oxygens (including phenoxy) is 1. The topological polar surface area (TPSA) is 72.8 Å². The van der Waals surface area contributed by atoms with E-state index in [2.05, 4.69) is 13.0 Å². The summed E-state index contributed by atoms with van der Waals surface area (Å²) in [7, 11) is 0. The molecular formula is C24H21F3O5. The summed E-state index contributed by atoms with van der Waals surface area (Å²) in [5.41, 5.74) is -0.185. The van der Waals surface area contributed by atoms with E-state index in [0.29, 0.717) is 17.4 Å². The van der Waals surface area contributed by atoms with E-state index >= 15 is 0 Å². The number of aryl methyl sites for hydroxylation is 1. The van der Waals surface area contributed by atoms with Crippen LogP contribution in [-0.2, 0) is 6.18 Å². The molecule has 0 fully saturated rings. The number of hydrogen-bond acceptors (Lipinski definition) is 5. The molecule has 2 aromatic heterocycles. The second-order valence-electron chi connectivity index (χ2n) is 7.90. The van der Waals surface area contributed by atoms with Gasteiger partial charge < -0.3 is 18.7 Å². The number of rotatable bonds is 4. The van der Waals surface area contributed by atoms with Crippen LogP contribution in [0.5, 0.6) is 5.75 Å². The number of alkyl halides is 3. The van der Waals surface area contributed by atoms with E-state index in [9.17, 15) is 23.1 Å². The number of furan rings is 1. The number of fused-ring (bicyclic) bond motifs is 1. The standard InChI is InChI=1S/C24H21F3O5/c1-12-5-4-6-13(2)21(12)17-11-30-14(3)22(17)23(29)31-15-7-8-16-18(24(25,26)27)10-20(28)32-19(16)9-15/h4-12,21,23,29H,1-3H3. The van der Waals surface area contributed by atoms with E-state index in [0.717, 1.165) is 23.3 Å². The first-order chi connectivity index (χ1) is 15.1. The fourth-order valence-corrected chi connectivity index (χ4v) is 4.22. The second kappa shape index (κ2) is 8.02. The van der Waals surface area contributed by atoms with Gasteiger partial charge in [0.25, 0.3) is 0 Å². The third-order valence-electron chi connectivity index (χ3n) is 5.69. The Morgan fingerprint density at radius 1 is 1.19 bits per heavy atom. The Labute approximate surface area is 181 Å². The van der Waals surface area contributed by atoms with Crippen molar-refractivity contribution in [2.45, 2.75) is 39.2 Å². The van der Waals surface area contributed by atoms with Crippen molar-refractivity contribution >= 4 is 11.0 Å². The van der Waals surface area contributed by atoms with Gasteiger partial charge in [-0.25, -0.2) is 4.79 Å². The van der Waals surface area contributed by atoms with Crippen LogP contribution >= 0.6 is 0 Å². The monoisotopic (exact) mass is 446 g/mol. The van der Waals surface area contributed by atoms with Crippen molar-refractivity contribution in [3.05, 3.63) is 87.2 Å². The molecule has 1 aromatic carbocycles. The molecule has 1 aliphatic rings. The molecule has 4 rings (SSSR count). The molecule has 0 aliphatic heterocycles. The summed E-state index contributed by atoms with van der Waals surface area (Å²) in [6.45, 7) is 5.75. The fraction of sp³-hybridized carbons (Fsp3) is 0.292. The third-order valence-corrected chi connectivity index (χ3v) is 5.69. The summed E-state index contributed by atoms with van der Waals surface area (Å²) < 4.78 is 55.9. The van der Waals surface area contributed by atoms with Gasteiger partial charge in [0, 0.05) is 29.0 Å². The maximum Gasteiger partial charge on any atom is 0.417 e. The lowest BCUT2D eigenvalue weighted by molar-refractivity contribution is -0.136. The quantitative estimate of drug-likeness (QED) is 0.392. The highest BCUT2D eigenvalue weighted by molar-refractivity contribution is 5.82. The van der Waals surface area contributed by atoms with Gasteiger partial charge in [0.15, 0.2) is 0 Å². The average Bonchev–Trinajstić information content (AvgIpc) is 3.07. The number of aliphatic hydroxyl groups excluding tert-OH is 1. The average molecular weight is 446 g/mol. The zero-order valence-electron chi connectivity index (χ0n) is 17.6. The van der Waals surface area contributed by atoms with Gasteiger partial charge in [-0.05, 0) is 31.9 Å². The molecule has 168 valence electrons. The summed E-state index contributed by atoms with van der Waals surface area (Å²) in [5, 5.41) is 10.6. The molecule has 1 N–H and O–H groups in total. The number of benzene rings is 1. The van der Waals surface area contributed by atoms with Crippen LogP contribution in [0.3, 0.4) is 0 Å². The Morgan fingerprint density at radius 2 is 1.94 bits per heavy atom. The lowest BCUT2D eigenvalue weighted by atomic mass is 9.78. The summed E-state index contributed by atoms with van der Waals surface area (Å²) in [6, 6.07) is 4.00. The molecule has 0 saturated heterocycles. The van der Waals surface area contributed by atoms with Gasteiger partial charge in [-0.3, -0.25) is 0 Å². The molecular weight excluding hydrogens is 425 g/mol. The molecule has 8 heteroatoms. The van der Waals surface area contributed by atoms with Gasteiger partial charge in [0.05, 0.1) is 17.4 Å². The van der Waals surface area contributed by atoms with Crippen LogP contribution in [-0.4, -0.2) is 5.11 Å². The minimum absolute atomic E-state index is 0.0188. The van der Waals surface area contributed by atoms with Crippen molar-refractivity contribution in [2.24, 2.45) is 5.92 Å². The molecule has 2 heterocycles. The van der Waals surface area contributed by atoms with E-state index in [1.54, 1.807) is 13.2 Å². The minimum Gasteiger partial charge on any atom is -0.469 e. The van der Waals surface area contributed by atoms with Crippen LogP contribution in [0.2, 0.25) is 0 Å². The van der Waals surface area contributed by atoms with Crippen LogP contribution in [0.4, 0.5) is 13.2 Å². The van der Waals surface area contributed by atoms with E-state index in [1.807, 2.05) is 19.1 Å². The Balaban J connectivity index is 1.69. The van der Waals surface area contributed by atoms with Crippen molar-refractivity contribution < 1.29 is 31.8 Å². The molecule has 0 spiro atoms. The molecule has 1 aliphatic carbocycles. The molecule has 0 bridgehead atoms. The zero-order valence-corrected chi connectivity index (χ0v) is 17.6. The van der Waals surface area contributed by atoms with Crippen LogP contribution < -0.4 is 10.4 Å². The summed E-state index contributed by atoms with van der Waals surface area (Å²) in [4.78, 5) is 11.6. The molecule has 3 unspecified atom stereocenters. The van der Waals surface area contributed by atoms with Crippen molar-refractivity contribution in [2.75, 3.05) is 0 Å². The van der Waals surface area contributed by atoms with Crippen molar-refractivity contribution in [3.8, 4) is 5.75 Å². The van der Waals surface area contributed by atoms with Gasteiger partial charge in [-0.1, -0.05) is 30.7 Å². The Kier molecular flexibility index (Phi) is 5.50. The first-order valence-corrected chi connectivity index (χ1v) is 9.99. The fourth-order valence-electron chi connectivity index (χ4n) is 4.22. The highest BCUT2D eigenvalue weighted by atomic mass is 19.4. The summed E-state index contributed by atoms with van der Waals surface area (Å²) >= 11 is 0. The smallest absolute Gasteiger partial charge is 0.417 e. The van der Waals surface area contributed by atoms with Crippen molar-refractivity contribution in [1.82, 2.24) is 0 Å². The van der Waals surface area contributed by atoms with Crippen LogP contribution in [0.15, 0.2) is 68.0 Å². The van der Waals surface area contributed by atoms with E-state index in [1.165, 1.54) is 6.07 Å². The van der Waals surface area contributed by atoms with Gasteiger partial charge in [-0.2, -0.15) is 13.2 Å². The Morgan fingerprint density at radius 3 is 2.62 bits per heavy atom. The number of hydrogen-bond donors (Lipinski definition) is 1. The largest absolute Gasteiger partial charge is 0.469 e. The predicted octanol–water partition coefficient (Wildman–Crippen LogP) is 6.02. The van der Waals surface area contributed by atoms with Crippen molar-refractivity contribution in [3.63, 3.8) is 0 Å². The van der Waals surface area contributed by atoms with E-state index in [4.69, 9.17) is 13.6 Å². The number of allylic oxidation sites excluding steroid dienone is 4. The SMILES string of the molecule is CC1=CC=CC(C)C1c1coc(C)c1C(O)Oc1ccc2c(C(F)(F)F)cc(=O)oc2c1. The molecule has 3 aromatic rings. The van der Waals surface area contributed by atoms with Crippen molar-refractivity contribution in [1.29, 1.82) is 0 Å². The Bertz CT molecular complexity index is 1280. The zero-order chi connectivity index (χ0) is 23.2. The second-order valence-corrected chi connectivity index (χ2v) is 7.90. The summed E-state index contributed by atoms with van der Waals surface area (Å²) in [6.07, 6.45) is 1.46. The first-order valence-electron chi connectivity index (χ1n) is 9.99. The van der Waals surface area contributed by atoms with Crippen LogP contribution in [0.25, 0.3) is 11.0 Å². The molecule has 0 radical (unpaired) electrons. The summed E-state index contributed by atoms with van der Waals surface area (Å²) in [5.74, 6) is 0.657. The van der Waals surface area contributed by atoms with Crippen LogP contribution in [0, 0.1) is 12.8 Å². The molecule has 5 nitrogen and oxygen atoms in total. The number of aliphatic hydroxyl groups is 1. The first kappa shape index (κ1) is 22.0. The predicted molar refractivity (Wildman–Crippen MR) is 111 cm³/mol. The van der Waals surface area contributed by atoms with E-state index in [-0.39, 0.29) is 28.6 Å². The Hall–Kier alpha value is -3.26. The minimum atomic E-state index is -4.71.